The third kappa shape index (κ3) is 4.22. The molecule has 0 aliphatic carbocycles. The van der Waals surface area contributed by atoms with Gasteiger partial charge in [-0.15, -0.1) is 0 Å². The zero-order valence-corrected chi connectivity index (χ0v) is 17.8. The molecule has 1 aliphatic heterocycles. The lowest BCUT2D eigenvalue weighted by Crippen LogP contribution is -2.42. The number of phenols is 1. The maximum absolute atomic E-state index is 14.7. The molecule has 9 heteroatoms. The highest BCUT2D eigenvalue weighted by Gasteiger charge is 2.28. The van der Waals surface area contributed by atoms with Crippen LogP contribution in [0, 0.1) is 5.82 Å². The second-order valence-electron chi connectivity index (χ2n) is 7.12. The molecule has 0 radical (unpaired) electrons. The number of hydrogen-bond acceptors (Lipinski definition) is 4. The molecule has 31 heavy (non-hydrogen) atoms. The van der Waals surface area contributed by atoms with Crippen LogP contribution in [-0.4, -0.2) is 37.4 Å². The molecule has 0 unspecified atom stereocenters. The minimum Gasteiger partial charge on any atom is -0.505 e. The van der Waals surface area contributed by atoms with Crippen molar-refractivity contribution in [1.29, 1.82) is 0 Å². The number of phenolic OH excluding ortho intramolecular Hbond substituents is 1. The van der Waals surface area contributed by atoms with E-state index in [1.807, 2.05) is 18.2 Å². The summed E-state index contributed by atoms with van der Waals surface area (Å²) in [6.07, 6.45) is 0.864. The molecule has 0 aromatic heterocycles. The van der Waals surface area contributed by atoms with Crippen molar-refractivity contribution in [2.24, 2.45) is 0 Å². The lowest BCUT2D eigenvalue weighted by Gasteiger charge is -2.31. The molecule has 0 atom stereocenters. The number of carbonyl (C=O) groups is 1. The third-order valence-corrected chi connectivity index (χ3v) is 6.70. The third-order valence-electron chi connectivity index (χ3n) is 5.03. The average Bonchev–Trinajstić information content (AvgIpc) is 2.70. The number of carbonyl (C=O) groups excluding carboxylic acids is 1. The summed E-state index contributed by atoms with van der Waals surface area (Å²) in [5.74, 6) is -1.89. The SMILES string of the molecule is O=C(c1cc(Cl)c(O)c(S(=O)(=O)Nc2ccc(-c3ccccc3)cc2F)c1)N1CCC1. The molecule has 1 saturated heterocycles. The van der Waals surface area contributed by atoms with E-state index in [1.54, 1.807) is 18.2 Å². The van der Waals surface area contributed by atoms with E-state index in [-0.39, 0.29) is 22.2 Å². The van der Waals surface area contributed by atoms with E-state index >= 15 is 0 Å². The van der Waals surface area contributed by atoms with Gasteiger partial charge in [-0.3, -0.25) is 9.52 Å². The summed E-state index contributed by atoms with van der Waals surface area (Å²) in [5, 5.41) is 9.93. The Labute approximate surface area is 183 Å². The number of likely N-dealkylation sites (tertiary alicyclic amines) is 1. The second-order valence-corrected chi connectivity index (χ2v) is 9.17. The zero-order chi connectivity index (χ0) is 22.2. The summed E-state index contributed by atoms with van der Waals surface area (Å²) in [6, 6.07) is 15.4. The highest BCUT2D eigenvalue weighted by atomic mass is 35.5. The fourth-order valence-electron chi connectivity index (χ4n) is 3.21. The number of halogens is 2. The summed E-state index contributed by atoms with van der Waals surface area (Å²) in [6.45, 7) is 1.13. The van der Waals surface area contributed by atoms with Crippen LogP contribution in [0.3, 0.4) is 0 Å². The molecule has 1 amide bonds. The van der Waals surface area contributed by atoms with Crippen molar-refractivity contribution < 1.29 is 22.7 Å². The van der Waals surface area contributed by atoms with Gasteiger partial charge in [0.05, 0.1) is 10.7 Å². The van der Waals surface area contributed by atoms with Crippen LogP contribution in [-0.2, 0) is 10.0 Å². The number of amides is 1. The van der Waals surface area contributed by atoms with Crippen molar-refractivity contribution in [3.05, 3.63) is 77.1 Å². The van der Waals surface area contributed by atoms with E-state index in [1.165, 1.54) is 23.1 Å². The Balaban J connectivity index is 1.66. The van der Waals surface area contributed by atoms with Gasteiger partial charge in [0.2, 0.25) is 0 Å². The second kappa shape index (κ2) is 8.20. The maximum Gasteiger partial charge on any atom is 0.265 e. The first-order valence-corrected chi connectivity index (χ1v) is 11.3. The molecule has 1 aliphatic rings. The number of benzene rings is 3. The van der Waals surface area contributed by atoms with Crippen molar-refractivity contribution in [1.82, 2.24) is 4.90 Å². The molecule has 160 valence electrons. The van der Waals surface area contributed by atoms with Gasteiger partial charge < -0.3 is 10.0 Å². The van der Waals surface area contributed by atoms with Gasteiger partial charge in [-0.05, 0) is 41.8 Å². The Morgan fingerprint density at radius 1 is 1.03 bits per heavy atom. The lowest BCUT2D eigenvalue weighted by atomic mass is 10.1. The van der Waals surface area contributed by atoms with E-state index in [4.69, 9.17) is 11.6 Å². The number of nitrogens with one attached hydrogen (secondary N) is 1. The minimum atomic E-state index is -4.43. The molecular weight excluding hydrogens is 443 g/mol. The van der Waals surface area contributed by atoms with Crippen molar-refractivity contribution in [2.45, 2.75) is 11.3 Å². The van der Waals surface area contributed by atoms with Crippen molar-refractivity contribution in [3.8, 4) is 16.9 Å². The van der Waals surface area contributed by atoms with E-state index < -0.39 is 26.5 Å². The van der Waals surface area contributed by atoms with Crippen LogP contribution in [0.5, 0.6) is 5.75 Å². The van der Waals surface area contributed by atoms with E-state index in [0.717, 1.165) is 18.1 Å². The average molecular weight is 461 g/mol. The number of anilines is 1. The summed E-state index contributed by atoms with van der Waals surface area (Å²) in [5.41, 5.74) is 1.09. The van der Waals surface area contributed by atoms with Gasteiger partial charge in [0, 0.05) is 18.7 Å². The van der Waals surface area contributed by atoms with Crippen LogP contribution in [0.15, 0.2) is 65.6 Å². The van der Waals surface area contributed by atoms with E-state index in [2.05, 4.69) is 4.72 Å². The fourth-order valence-corrected chi connectivity index (χ4v) is 4.70. The molecule has 0 bridgehead atoms. The first-order valence-electron chi connectivity index (χ1n) is 9.46. The quantitative estimate of drug-likeness (QED) is 0.587. The molecule has 1 fully saturated rings. The Morgan fingerprint density at radius 2 is 1.74 bits per heavy atom. The summed E-state index contributed by atoms with van der Waals surface area (Å²) in [4.78, 5) is 13.4. The normalized spacial score (nSPS) is 13.5. The monoisotopic (exact) mass is 460 g/mol. The molecule has 3 aromatic rings. The molecule has 6 nitrogen and oxygen atoms in total. The number of rotatable bonds is 5. The van der Waals surface area contributed by atoms with Crippen LogP contribution in [0.25, 0.3) is 11.1 Å². The molecular formula is C22H18ClFN2O4S. The van der Waals surface area contributed by atoms with Gasteiger partial charge in [0.15, 0.2) is 5.75 Å². The van der Waals surface area contributed by atoms with Gasteiger partial charge in [-0.25, -0.2) is 12.8 Å². The highest BCUT2D eigenvalue weighted by Crippen LogP contribution is 2.35. The van der Waals surface area contributed by atoms with Crippen molar-refractivity contribution in [2.75, 3.05) is 17.8 Å². The van der Waals surface area contributed by atoms with Gasteiger partial charge in [-0.1, -0.05) is 48.0 Å². The molecule has 4 rings (SSSR count). The highest BCUT2D eigenvalue weighted by molar-refractivity contribution is 7.92. The molecule has 1 heterocycles. The molecule has 0 spiro atoms. The molecule has 0 saturated carbocycles. The standard InChI is InChI=1S/C22H18ClFN2O4S/c23-17-11-16(22(28)26-9-4-10-26)13-20(21(17)27)31(29,30)25-19-8-7-15(12-18(19)24)14-5-2-1-3-6-14/h1-3,5-8,11-13,25,27H,4,9-10H2. The minimum absolute atomic E-state index is 0.0303. The Kier molecular flexibility index (Phi) is 5.60. The number of nitrogens with zero attached hydrogens (tertiary/aromatic N) is 1. The van der Waals surface area contributed by atoms with Gasteiger partial charge in [0.25, 0.3) is 15.9 Å². The number of sulfonamides is 1. The Morgan fingerprint density at radius 3 is 2.35 bits per heavy atom. The summed E-state index contributed by atoms with van der Waals surface area (Å²) < 4.78 is 42.6. The van der Waals surface area contributed by atoms with E-state index in [9.17, 15) is 22.7 Å². The smallest absolute Gasteiger partial charge is 0.265 e. The van der Waals surface area contributed by atoms with Crippen LogP contribution < -0.4 is 4.72 Å². The Hall–Kier alpha value is -3.10. The van der Waals surface area contributed by atoms with Gasteiger partial charge >= 0.3 is 0 Å². The largest absolute Gasteiger partial charge is 0.505 e. The topological polar surface area (TPSA) is 86.7 Å². The first kappa shape index (κ1) is 21.1. The number of hydrogen-bond donors (Lipinski definition) is 2. The predicted molar refractivity (Wildman–Crippen MR) is 116 cm³/mol. The molecule has 3 aromatic carbocycles. The van der Waals surface area contributed by atoms with Crippen LogP contribution in [0.4, 0.5) is 10.1 Å². The maximum atomic E-state index is 14.7. The summed E-state index contributed by atoms with van der Waals surface area (Å²) in [7, 11) is -4.43. The number of aromatic hydroxyl groups is 1. The zero-order valence-electron chi connectivity index (χ0n) is 16.2. The van der Waals surface area contributed by atoms with Crippen LogP contribution >= 0.6 is 11.6 Å². The van der Waals surface area contributed by atoms with Crippen LogP contribution in [0.2, 0.25) is 5.02 Å². The first-order chi connectivity index (χ1) is 14.8. The fraction of sp³-hybridized carbons (Fsp3) is 0.136. The van der Waals surface area contributed by atoms with Crippen molar-refractivity contribution >= 4 is 33.2 Å². The predicted octanol–water partition coefficient (Wildman–Crippen LogP) is 4.50. The van der Waals surface area contributed by atoms with Crippen LogP contribution in [0.1, 0.15) is 16.8 Å². The van der Waals surface area contributed by atoms with E-state index in [0.29, 0.717) is 18.7 Å². The van der Waals surface area contributed by atoms with Gasteiger partial charge in [0.1, 0.15) is 10.7 Å². The van der Waals surface area contributed by atoms with Gasteiger partial charge in [-0.2, -0.15) is 0 Å². The lowest BCUT2D eigenvalue weighted by molar-refractivity contribution is 0.0651. The summed E-state index contributed by atoms with van der Waals surface area (Å²) >= 11 is 5.97. The Bertz CT molecular complexity index is 1260. The van der Waals surface area contributed by atoms with Crippen molar-refractivity contribution in [3.63, 3.8) is 0 Å². The molecule has 2 N–H and O–H groups in total.